The maximum atomic E-state index is 12.4. The van der Waals surface area contributed by atoms with E-state index in [1.807, 2.05) is 13.0 Å². The van der Waals surface area contributed by atoms with Crippen LogP contribution in [-0.4, -0.2) is 38.0 Å². The third-order valence-electron chi connectivity index (χ3n) is 3.49. The van der Waals surface area contributed by atoms with Crippen molar-refractivity contribution in [1.29, 1.82) is 0 Å². The number of hydrogen-bond acceptors (Lipinski definition) is 3. The smallest absolute Gasteiger partial charge is 0.239 e. The van der Waals surface area contributed by atoms with E-state index in [0.29, 0.717) is 31.1 Å². The van der Waals surface area contributed by atoms with Crippen LogP contribution in [-0.2, 0) is 9.59 Å². The van der Waals surface area contributed by atoms with Crippen molar-refractivity contribution >= 4 is 41.5 Å². The van der Waals surface area contributed by atoms with Crippen LogP contribution in [0.2, 0.25) is 5.02 Å². The average Bonchev–Trinajstić information content (AvgIpc) is 2.85. The SMILES string of the molecule is CCNCCNC(=O)C1CCN(c2cccc(Cl)c2)C1=O.Cl. The molecule has 0 saturated carbocycles. The van der Waals surface area contributed by atoms with Crippen LogP contribution in [0, 0.1) is 5.92 Å². The molecule has 1 aliphatic heterocycles. The Kier molecular flexibility index (Phi) is 7.65. The number of halogens is 2. The molecule has 22 heavy (non-hydrogen) atoms. The van der Waals surface area contributed by atoms with Crippen molar-refractivity contribution in [3.63, 3.8) is 0 Å². The molecule has 2 rings (SSSR count). The minimum absolute atomic E-state index is 0. The fourth-order valence-electron chi connectivity index (χ4n) is 2.40. The van der Waals surface area contributed by atoms with Crippen LogP contribution in [0.5, 0.6) is 0 Å². The molecule has 5 nitrogen and oxygen atoms in total. The van der Waals surface area contributed by atoms with Gasteiger partial charge in [0.15, 0.2) is 0 Å². The molecule has 0 spiro atoms. The molecule has 1 heterocycles. The molecule has 0 radical (unpaired) electrons. The van der Waals surface area contributed by atoms with Gasteiger partial charge in [-0.3, -0.25) is 9.59 Å². The Morgan fingerprint density at radius 2 is 2.18 bits per heavy atom. The molecule has 1 atom stereocenters. The maximum absolute atomic E-state index is 12.4. The normalized spacial score (nSPS) is 17.3. The summed E-state index contributed by atoms with van der Waals surface area (Å²) >= 11 is 5.94. The van der Waals surface area contributed by atoms with Crippen molar-refractivity contribution in [1.82, 2.24) is 10.6 Å². The third kappa shape index (κ3) is 4.60. The predicted molar refractivity (Wildman–Crippen MR) is 90.7 cm³/mol. The molecule has 2 amide bonds. The van der Waals surface area contributed by atoms with Gasteiger partial charge in [-0.05, 0) is 31.2 Å². The molecule has 1 saturated heterocycles. The first-order valence-corrected chi connectivity index (χ1v) is 7.56. The summed E-state index contributed by atoms with van der Waals surface area (Å²) in [5.74, 6) is -0.939. The van der Waals surface area contributed by atoms with Crippen molar-refractivity contribution in [3.05, 3.63) is 29.3 Å². The predicted octanol–water partition coefficient (Wildman–Crippen LogP) is 1.84. The van der Waals surface area contributed by atoms with Crippen LogP contribution >= 0.6 is 24.0 Å². The first-order chi connectivity index (χ1) is 10.1. The number of amides is 2. The van der Waals surface area contributed by atoms with Gasteiger partial charge >= 0.3 is 0 Å². The third-order valence-corrected chi connectivity index (χ3v) is 3.73. The van der Waals surface area contributed by atoms with E-state index in [4.69, 9.17) is 11.6 Å². The zero-order valence-corrected chi connectivity index (χ0v) is 14.0. The van der Waals surface area contributed by atoms with Crippen LogP contribution in [0.15, 0.2) is 24.3 Å². The number of benzene rings is 1. The molecule has 2 N–H and O–H groups in total. The minimum atomic E-state index is -0.592. The number of nitrogens with zero attached hydrogens (tertiary/aromatic N) is 1. The largest absolute Gasteiger partial charge is 0.354 e. The molecule has 7 heteroatoms. The van der Waals surface area contributed by atoms with Gasteiger partial charge < -0.3 is 15.5 Å². The van der Waals surface area contributed by atoms with E-state index in [1.165, 1.54) is 0 Å². The van der Waals surface area contributed by atoms with E-state index in [-0.39, 0.29) is 24.2 Å². The molecule has 1 fully saturated rings. The summed E-state index contributed by atoms with van der Waals surface area (Å²) in [6, 6.07) is 7.13. The fourth-order valence-corrected chi connectivity index (χ4v) is 2.58. The summed E-state index contributed by atoms with van der Waals surface area (Å²) in [7, 11) is 0. The number of rotatable bonds is 6. The highest BCUT2D eigenvalue weighted by molar-refractivity contribution is 6.31. The van der Waals surface area contributed by atoms with Crippen LogP contribution in [0.1, 0.15) is 13.3 Å². The van der Waals surface area contributed by atoms with E-state index in [9.17, 15) is 9.59 Å². The zero-order valence-electron chi connectivity index (χ0n) is 12.5. The van der Waals surface area contributed by atoms with Crippen molar-refractivity contribution in [2.45, 2.75) is 13.3 Å². The van der Waals surface area contributed by atoms with E-state index in [1.54, 1.807) is 23.1 Å². The Bertz CT molecular complexity index is 525. The summed E-state index contributed by atoms with van der Waals surface area (Å²) in [6.45, 7) is 4.66. The zero-order chi connectivity index (χ0) is 15.2. The van der Waals surface area contributed by atoms with Crippen molar-refractivity contribution in [2.24, 2.45) is 5.92 Å². The number of carbonyl (C=O) groups is 2. The van der Waals surface area contributed by atoms with Gasteiger partial charge in [-0.1, -0.05) is 24.6 Å². The standard InChI is InChI=1S/C15H20ClN3O2.ClH/c1-2-17-7-8-18-14(20)13-6-9-19(15(13)21)12-5-3-4-11(16)10-12;/h3-5,10,13,17H,2,6-9H2,1H3,(H,18,20);1H. The first-order valence-electron chi connectivity index (χ1n) is 7.19. The number of anilines is 1. The Hall–Kier alpha value is -1.30. The number of likely N-dealkylation sites (N-methyl/N-ethyl adjacent to an activating group) is 1. The van der Waals surface area contributed by atoms with Crippen LogP contribution in [0.25, 0.3) is 0 Å². The van der Waals surface area contributed by atoms with Gasteiger partial charge in [-0.2, -0.15) is 0 Å². The lowest BCUT2D eigenvalue weighted by atomic mass is 10.1. The lowest BCUT2D eigenvalue weighted by Crippen LogP contribution is -2.39. The van der Waals surface area contributed by atoms with Gasteiger partial charge in [0, 0.05) is 30.3 Å². The van der Waals surface area contributed by atoms with Gasteiger partial charge in [-0.25, -0.2) is 0 Å². The second-order valence-corrected chi connectivity index (χ2v) is 5.39. The highest BCUT2D eigenvalue weighted by atomic mass is 35.5. The van der Waals surface area contributed by atoms with E-state index < -0.39 is 5.92 Å². The van der Waals surface area contributed by atoms with E-state index in [2.05, 4.69) is 10.6 Å². The molecule has 1 aromatic carbocycles. The summed E-state index contributed by atoms with van der Waals surface area (Å²) in [5, 5.41) is 6.50. The highest BCUT2D eigenvalue weighted by Crippen LogP contribution is 2.27. The van der Waals surface area contributed by atoms with Crippen LogP contribution < -0.4 is 15.5 Å². The fraction of sp³-hybridized carbons (Fsp3) is 0.467. The number of hydrogen-bond donors (Lipinski definition) is 2. The maximum Gasteiger partial charge on any atom is 0.239 e. The summed E-state index contributed by atoms with van der Waals surface area (Å²) in [6.07, 6.45) is 0.540. The van der Waals surface area contributed by atoms with Gasteiger partial charge in [0.25, 0.3) is 0 Å². The molecular weight excluding hydrogens is 325 g/mol. The monoisotopic (exact) mass is 345 g/mol. The second kappa shape index (κ2) is 8.98. The topological polar surface area (TPSA) is 61.4 Å². The summed E-state index contributed by atoms with van der Waals surface area (Å²) < 4.78 is 0. The van der Waals surface area contributed by atoms with Gasteiger partial charge in [0.1, 0.15) is 5.92 Å². The Labute approximate surface area is 141 Å². The van der Waals surface area contributed by atoms with Gasteiger partial charge in [-0.15, -0.1) is 12.4 Å². The van der Waals surface area contributed by atoms with Crippen molar-refractivity contribution < 1.29 is 9.59 Å². The average molecular weight is 346 g/mol. The van der Waals surface area contributed by atoms with Crippen molar-refractivity contribution in [3.8, 4) is 0 Å². The molecular formula is C15H21Cl2N3O2. The Balaban J connectivity index is 0.00000242. The number of nitrogens with one attached hydrogen (secondary N) is 2. The van der Waals surface area contributed by atoms with Crippen molar-refractivity contribution in [2.75, 3.05) is 31.1 Å². The van der Waals surface area contributed by atoms with Crippen LogP contribution in [0.3, 0.4) is 0 Å². The molecule has 1 aliphatic rings. The van der Waals surface area contributed by atoms with E-state index >= 15 is 0 Å². The minimum Gasteiger partial charge on any atom is -0.354 e. The molecule has 122 valence electrons. The van der Waals surface area contributed by atoms with Gasteiger partial charge in [0.05, 0.1) is 0 Å². The lowest BCUT2D eigenvalue weighted by Gasteiger charge is -2.17. The Morgan fingerprint density at radius 1 is 1.41 bits per heavy atom. The molecule has 1 unspecified atom stereocenters. The highest BCUT2D eigenvalue weighted by Gasteiger charge is 2.37. The summed E-state index contributed by atoms with van der Waals surface area (Å²) in [5.41, 5.74) is 0.746. The lowest BCUT2D eigenvalue weighted by molar-refractivity contribution is -0.132. The second-order valence-electron chi connectivity index (χ2n) is 4.96. The van der Waals surface area contributed by atoms with Crippen LogP contribution in [0.4, 0.5) is 5.69 Å². The molecule has 0 aromatic heterocycles. The summed E-state index contributed by atoms with van der Waals surface area (Å²) in [4.78, 5) is 26.0. The molecule has 0 aliphatic carbocycles. The van der Waals surface area contributed by atoms with Gasteiger partial charge in [0.2, 0.25) is 11.8 Å². The molecule has 1 aromatic rings. The quantitative estimate of drug-likeness (QED) is 0.610. The van der Waals surface area contributed by atoms with E-state index in [0.717, 1.165) is 12.2 Å². The first kappa shape index (κ1) is 18.7. The number of carbonyl (C=O) groups excluding carboxylic acids is 2. The Morgan fingerprint density at radius 3 is 2.86 bits per heavy atom. The molecule has 0 bridgehead atoms.